The van der Waals surface area contributed by atoms with E-state index < -0.39 is 0 Å². The molecule has 0 bridgehead atoms. The van der Waals surface area contributed by atoms with Crippen molar-refractivity contribution in [3.05, 3.63) is 78.1 Å². The summed E-state index contributed by atoms with van der Waals surface area (Å²) >= 11 is 0. The summed E-state index contributed by atoms with van der Waals surface area (Å²) in [5.74, 6) is 0.602. The second-order valence-electron chi connectivity index (χ2n) is 8.37. The number of hydrogen-bond acceptors (Lipinski definition) is 8. The Morgan fingerprint density at radius 3 is 2.64 bits per heavy atom. The molecule has 0 saturated carbocycles. The fraction of sp³-hybridized carbons (Fsp3) is 0.259. The fourth-order valence-corrected chi connectivity index (χ4v) is 3.72. The lowest BCUT2D eigenvalue weighted by Gasteiger charge is -2.18. The Hall–Kier alpha value is -4.24. The largest absolute Gasteiger partial charge is 0.495 e. The summed E-state index contributed by atoms with van der Waals surface area (Å²) in [6.45, 7) is 4.47. The molecule has 0 saturated heterocycles. The van der Waals surface area contributed by atoms with Gasteiger partial charge < -0.3 is 25.6 Å². The van der Waals surface area contributed by atoms with Gasteiger partial charge in [0, 0.05) is 30.2 Å². The second kappa shape index (κ2) is 12.5. The highest BCUT2D eigenvalue weighted by Gasteiger charge is 2.15. The molecule has 0 aliphatic carbocycles. The van der Waals surface area contributed by atoms with E-state index in [0.717, 1.165) is 36.2 Å². The molecule has 0 atom stereocenters. The SMILES string of the molecule is C=CC(=O)Nc1cc(Nc2nccc(C(=N)c3ccccc3NC)n2)c(OC)cc1CCCN(C)C. The molecule has 2 aromatic carbocycles. The maximum atomic E-state index is 12.1. The topological polar surface area (TPSA) is 115 Å². The van der Waals surface area contributed by atoms with Gasteiger partial charge in [0.2, 0.25) is 11.9 Å². The zero-order valence-corrected chi connectivity index (χ0v) is 21.2. The van der Waals surface area contributed by atoms with Crippen molar-refractivity contribution in [2.45, 2.75) is 12.8 Å². The predicted octanol–water partition coefficient (Wildman–Crippen LogP) is 4.31. The number of ether oxygens (including phenoxy) is 1. The third-order valence-electron chi connectivity index (χ3n) is 5.54. The number of anilines is 4. The number of carbonyl (C=O) groups excluding carboxylic acids is 1. The van der Waals surface area contributed by atoms with Gasteiger partial charge in [0.1, 0.15) is 5.75 Å². The van der Waals surface area contributed by atoms with Gasteiger partial charge in [-0.2, -0.15) is 0 Å². The van der Waals surface area contributed by atoms with Crippen LogP contribution in [0.4, 0.5) is 23.0 Å². The molecule has 0 aliphatic rings. The molecule has 1 heterocycles. The first-order chi connectivity index (χ1) is 17.4. The molecular weight excluding hydrogens is 454 g/mol. The van der Waals surface area contributed by atoms with Crippen LogP contribution < -0.4 is 20.7 Å². The molecule has 0 radical (unpaired) electrons. The standard InChI is InChI=1S/C27H33N7O2/c1-6-25(35)31-22-17-23(24(36-5)16-18(22)10-9-15-34(3)4)33-27-30-14-13-21(32-27)26(28)19-11-7-8-12-20(19)29-2/h6-8,11-14,16-17,28-29H,1,9-10,15H2,2-5H3,(H,31,35)(H,30,32,33). The van der Waals surface area contributed by atoms with Crippen molar-refractivity contribution in [2.24, 2.45) is 0 Å². The monoisotopic (exact) mass is 487 g/mol. The van der Waals surface area contributed by atoms with Crippen molar-refractivity contribution in [3.63, 3.8) is 0 Å². The summed E-state index contributed by atoms with van der Waals surface area (Å²) in [4.78, 5) is 23.1. The van der Waals surface area contributed by atoms with Gasteiger partial charge >= 0.3 is 0 Å². The van der Waals surface area contributed by atoms with Crippen molar-refractivity contribution in [1.82, 2.24) is 14.9 Å². The summed E-state index contributed by atoms with van der Waals surface area (Å²) in [7, 11) is 7.46. The molecule has 9 nitrogen and oxygen atoms in total. The summed E-state index contributed by atoms with van der Waals surface area (Å²) in [6, 6.07) is 13.0. The number of amides is 1. The number of aromatic nitrogens is 2. The Morgan fingerprint density at radius 1 is 1.17 bits per heavy atom. The minimum Gasteiger partial charge on any atom is -0.495 e. The molecule has 36 heavy (non-hydrogen) atoms. The minimum atomic E-state index is -0.296. The van der Waals surface area contributed by atoms with Crippen molar-refractivity contribution in [2.75, 3.05) is 50.7 Å². The van der Waals surface area contributed by atoms with E-state index in [0.29, 0.717) is 28.8 Å². The van der Waals surface area contributed by atoms with Crippen LogP contribution in [0.5, 0.6) is 5.75 Å². The number of methoxy groups -OCH3 is 1. The summed E-state index contributed by atoms with van der Waals surface area (Å²) < 4.78 is 5.64. The zero-order valence-electron chi connectivity index (χ0n) is 21.2. The van der Waals surface area contributed by atoms with Crippen molar-refractivity contribution < 1.29 is 9.53 Å². The Labute approximate surface area is 212 Å². The maximum absolute atomic E-state index is 12.1. The first-order valence-corrected chi connectivity index (χ1v) is 11.6. The molecule has 0 unspecified atom stereocenters. The van der Waals surface area contributed by atoms with Gasteiger partial charge in [-0.25, -0.2) is 9.97 Å². The van der Waals surface area contributed by atoms with Crippen LogP contribution >= 0.6 is 0 Å². The highest BCUT2D eigenvalue weighted by Crippen LogP contribution is 2.34. The second-order valence-corrected chi connectivity index (χ2v) is 8.37. The summed E-state index contributed by atoms with van der Waals surface area (Å²) in [5, 5.41) is 17.9. The van der Waals surface area contributed by atoms with Gasteiger partial charge in [-0.3, -0.25) is 10.2 Å². The van der Waals surface area contributed by atoms with E-state index in [1.807, 2.05) is 57.5 Å². The average Bonchev–Trinajstić information content (AvgIpc) is 2.89. The van der Waals surface area contributed by atoms with Crippen molar-refractivity contribution in [3.8, 4) is 5.75 Å². The van der Waals surface area contributed by atoms with Crippen LogP contribution in [0.1, 0.15) is 23.2 Å². The first-order valence-electron chi connectivity index (χ1n) is 11.6. The van der Waals surface area contributed by atoms with Crippen LogP contribution in [-0.4, -0.2) is 61.3 Å². The molecule has 3 aromatic rings. The third-order valence-corrected chi connectivity index (χ3v) is 5.54. The number of carbonyl (C=O) groups is 1. The highest BCUT2D eigenvalue weighted by atomic mass is 16.5. The van der Waals surface area contributed by atoms with E-state index in [9.17, 15) is 4.79 Å². The minimum absolute atomic E-state index is 0.271. The van der Waals surface area contributed by atoms with E-state index in [-0.39, 0.29) is 11.6 Å². The summed E-state index contributed by atoms with van der Waals surface area (Å²) in [6.07, 6.45) is 4.52. The lowest BCUT2D eigenvalue weighted by molar-refractivity contribution is -0.111. The Morgan fingerprint density at radius 2 is 1.94 bits per heavy atom. The van der Waals surface area contributed by atoms with E-state index in [1.165, 1.54) is 6.08 Å². The number of rotatable bonds is 12. The molecule has 1 aromatic heterocycles. The molecule has 4 N–H and O–H groups in total. The number of nitrogens with zero attached hydrogens (tertiary/aromatic N) is 3. The van der Waals surface area contributed by atoms with Crippen LogP contribution in [0.15, 0.2) is 61.3 Å². The smallest absolute Gasteiger partial charge is 0.247 e. The highest BCUT2D eigenvalue weighted by molar-refractivity contribution is 6.13. The van der Waals surface area contributed by atoms with E-state index in [1.54, 1.807) is 19.4 Å². The summed E-state index contributed by atoms with van der Waals surface area (Å²) in [5.41, 5.74) is 4.52. The molecule has 0 spiro atoms. The Balaban J connectivity index is 1.93. The molecule has 9 heteroatoms. The molecule has 0 fully saturated rings. The van der Waals surface area contributed by atoms with E-state index >= 15 is 0 Å². The number of para-hydroxylation sites is 1. The lowest BCUT2D eigenvalue weighted by Crippen LogP contribution is -2.15. The molecule has 3 rings (SSSR count). The molecular formula is C27H33N7O2. The average molecular weight is 488 g/mol. The Kier molecular flexibility index (Phi) is 9.13. The molecule has 1 amide bonds. The van der Waals surface area contributed by atoms with Gasteiger partial charge in [0.25, 0.3) is 0 Å². The van der Waals surface area contributed by atoms with E-state index in [2.05, 4.69) is 37.4 Å². The molecule has 188 valence electrons. The first kappa shape index (κ1) is 26.4. The molecule has 0 aliphatic heterocycles. The van der Waals surface area contributed by atoms with Crippen LogP contribution in [0, 0.1) is 5.41 Å². The van der Waals surface area contributed by atoms with Gasteiger partial charge in [0.15, 0.2) is 0 Å². The zero-order chi connectivity index (χ0) is 26.1. The van der Waals surface area contributed by atoms with Gasteiger partial charge in [0.05, 0.1) is 24.2 Å². The quantitative estimate of drug-likeness (QED) is 0.222. The van der Waals surface area contributed by atoms with Gasteiger partial charge in [-0.1, -0.05) is 24.8 Å². The number of hydrogen-bond donors (Lipinski definition) is 4. The lowest BCUT2D eigenvalue weighted by atomic mass is 10.0. The van der Waals surface area contributed by atoms with Crippen molar-refractivity contribution >= 4 is 34.6 Å². The number of benzene rings is 2. The Bertz CT molecular complexity index is 1240. The van der Waals surface area contributed by atoms with Crippen LogP contribution in [-0.2, 0) is 11.2 Å². The van der Waals surface area contributed by atoms with Gasteiger partial charge in [-0.05, 0) is 69.4 Å². The van der Waals surface area contributed by atoms with Crippen molar-refractivity contribution in [1.29, 1.82) is 5.41 Å². The van der Waals surface area contributed by atoms with Crippen LogP contribution in [0.25, 0.3) is 0 Å². The predicted molar refractivity (Wildman–Crippen MR) is 146 cm³/mol. The number of aryl methyl sites for hydroxylation is 1. The van der Waals surface area contributed by atoms with Gasteiger partial charge in [-0.15, -0.1) is 0 Å². The van der Waals surface area contributed by atoms with E-state index in [4.69, 9.17) is 10.1 Å². The maximum Gasteiger partial charge on any atom is 0.247 e. The normalized spacial score (nSPS) is 10.6. The fourth-order valence-electron chi connectivity index (χ4n) is 3.72. The van der Waals surface area contributed by atoms with Crippen LogP contribution in [0.3, 0.4) is 0 Å². The number of nitrogens with one attached hydrogen (secondary N) is 4. The van der Waals surface area contributed by atoms with Crippen LogP contribution in [0.2, 0.25) is 0 Å². The third kappa shape index (κ3) is 6.67.